The molecule has 1 aromatic heterocycles. The number of nitrogens with zero attached hydrogens (tertiary/aromatic N) is 2. The van der Waals surface area contributed by atoms with Gasteiger partial charge >= 0.3 is 0 Å². The van der Waals surface area contributed by atoms with Crippen LogP contribution in [0.25, 0.3) is 0 Å². The lowest BCUT2D eigenvalue weighted by Gasteiger charge is -2.17. The average Bonchev–Trinajstić information content (AvgIpc) is 2.43. The summed E-state index contributed by atoms with van der Waals surface area (Å²) in [6.45, 7) is 8.09. The summed E-state index contributed by atoms with van der Waals surface area (Å²) in [6.07, 6.45) is 1.61. The molecule has 0 aliphatic heterocycles. The molecule has 0 aromatic carbocycles. The van der Waals surface area contributed by atoms with Gasteiger partial charge in [-0.1, -0.05) is 13.8 Å². The first-order valence-electron chi connectivity index (χ1n) is 6.36. The van der Waals surface area contributed by atoms with Crippen LogP contribution >= 0.6 is 0 Å². The second-order valence-corrected chi connectivity index (χ2v) is 4.02. The fourth-order valence-corrected chi connectivity index (χ4v) is 1.70. The van der Waals surface area contributed by atoms with Gasteiger partial charge in [-0.2, -0.15) is 0 Å². The van der Waals surface area contributed by atoms with E-state index in [1.54, 1.807) is 18.3 Å². The minimum absolute atomic E-state index is 0.0701. The first-order chi connectivity index (χ1) is 8.71. The molecule has 0 bridgehead atoms. The molecule has 0 aliphatic rings. The van der Waals surface area contributed by atoms with Crippen LogP contribution < -0.4 is 11.1 Å². The minimum atomic E-state index is -0.0701. The zero-order chi connectivity index (χ0) is 13.4. The third-order valence-electron chi connectivity index (χ3n) is 2.90. The number of likely N-dealkylation sites (N-methyl/N-ethyl adjacent to an activating group) is 1. The van der Waals surface area contributed by atoms with Gasteiger partial charge in [-0.15, -0.1) is 0 Å². The van der Waals surface area contributed by atoms with E-state index in [0.29, 0.717) is 18.7 Å². The highest BCUT2D eigenvalue weighted by Gasteiger charge is 2.06. The van der Waals surface area contributed by atoms with Crippen molar-refractivity contribution in [1.82, 2.24) is 15.2 Å². The molecular formula is C13H22N4O. The van der Waals surface area contributed by atoms with E-state index >= 15 is 0 Å². The summed E-state index contributed by atoms with van der Waals surface area (Å²) < 4.78 is 0. The molecule has 5 nitrogen and oxygen atoms in total. The summed E-state index contributed by atoms with van der Waals surface area (Å²) in [5.41, 5.74) is 6.84. The number of nitrogens with one attached hydrogen (secondary N) is 1. The highest BCUT2D eigenvalue weighted by atomic mass is 16.1. The Hall–Kier alpha value is -1.46. The van der Waals surface area contributed by atoms with Crippen LogP contribution in [0.3, 0.4) is 0 Å². The van der Waals surface area contributed by atoms with Crippen LogP contribution in [0.15, 0.2) is 18.3 Å². The van der Waals surface area contributed by atoms with Gasteiger partial charge < -0.3 is 16.0 Å². The van der Waals surface area contributed by atoms with Gasteiger partial charge in [0.05, 0.1) is 5.69 Å². The monoisotopic (exact) mass is 250 g/mol. The van der Waals surface area contributed by atoms with Crippen LogP contribution in [0.2, 0.25) is 0 Å². The van der Waals surface area contributed by atoms with E-state index in [-0.39, 0.29) is 5.91 Å². The maximum Gasteiger partial charge on any atom is 0.251 e. The lowest BCUT2D eigenvalue weighted by Crippen LogP contribution is -2.34. The number of carbonyl (C=O) groups excluding carboxylic acids is 1. The van der Waals surface area contributed by atoms with Gasteiger partial charge in [0, 0.05) is 31.4 Å². The molecule has 5 heteroatoms. The SMILES string of the molecule is CCN(CC)CCNC(=O)c1ccnc(CN)c1. The number of hydrogen-bond donors (Lipinski definition) is 2. The van der Waals surface area contributed by atoms with Crippen molar-refractivity contribution < 1.29 is 4.79 Å². The molecule has 0 unspecified atom stereocenters. The van der Waals surface area contributed by atoms with Crippen molar-refractivity contribution in [3.63, 3.8) is 0 Å². The number of nitrogens with two attached hydrogens (primary N) is 1. The van der Waals surface area contributed by atoms with E-state index in [1.807, 2.05) is 0 Å². The molecule has 1 heterocycles. The highest BCUT2D eigenvalue weighted by Crippen LogP contribution is 2.01. The second kappa shape index (κ2) is 7.79. The number of hydrogen-bond acceptors (Lipinski definition) is 4. The topological polar surface area (TPSA) is 71.2 Å². The molecular weight excluding hydrogens is 228 g/mol. The van der Waals surface area contributed by atoms with E-state index in [1.165, 1.54) is 0 Å². The minimum Gasteiger partial charge on any atom is -0.351 e. The van der Waals surface area contributed by atoms with Crippen molar-refractivity contribution >= 4 is 5.91 Å². The summed E-state index contributed by atoms with van der Waals surface area (Å²) in [6, 6.07) is 3.43. The van der Waals surface area contributed by atoms with Gasteiger partial charge in [-0.3, -0.25) is 9.78 Å². The zero-order valence-electron chi connectivity index (χ0n) is 11.1. The lowest BCUT2D eigenvalue weighted by atomic mass is 10.2. The smallest absolute Gasteiger partial charge is 0.251 e. The van der Waals surface area contributed by atoms with Crippen molar-refractivity contribution in [3.8, 4) is 0 Å². The molecule has 18 heavy (non-hydrogen) atoms. The van der Waals surface area contributed by atoms with Gasteiger partial charge in [-0.05, 0) is 25.2 Å². The number of amides is 1. The number of pyridine rings is 1. The maximum atomic E-state index is 11.9. The average molecular weight is 250 g/mol. The maximum absolute atomic E-state index is 11.9. The molecule has 0 spiro atoms. The van der Waals surface area contributed by atoms with E-state index in [9.17, 15) is 4.79 Å². The molecule has 0 saturated carbocycles. The first kappa shape index (κ1) is 14.6. The molecule has 100 valence electrons. The molecule has 0 fully saturated rings. The molecule has 0 aliphatic carbocycles. The van der Waals surface area contributed by atoms with Crippen LogP contribution in [0, 0.1) is 0 Å². The third kappa shape index (κ3) is 4.43. The Morgan fingerprint density at radius 2 is 2.17 bits per heavy atom. The molecule has 0 radical (unpaired) electrons. The Morgan fingerprint density at radius 1 is 1.44 bits per heavy atom. The van der Waals surface area contributed by atoms with Gasteiger partial charge in [0.2, 0.25) is 0 Å². The van der Waals surface area contributed by atoms with Crippen molar-refractivity contribution in [3.05, 3.63) is 29.6 Å². The van der Waals surface area contributed by atoms with Crippen LogP contribution in [0.5, 0.6) is 0 Å². The Bertz CT molecular complexity index is 377. The fraction of sp³-hybridized carbons (Fsp3) is 0.538. The van der Waals surface area contributed by atoms with Crippen molar-refractivity contribution in [1.29, 1.82) is 0 Å². The number of carbonyl (C=O) groups is 1. The summed E-state index contributed by atoms with van der Waals surface area (Å²) in [5, 5.41) is 2.90. The Morgan fingerprint density at radius 3 is 2.78 bits per heavy atom. The third-order valence-corrected chi connectivity index (χ3v) is 2.90. The first-order valence-corrected chi connectivity index (χ1v) is 6.36. The molecule has 0 saturated heterocycles. The predicted octanol–water partition coefficient (Wildman–Crippen LogP) is 0.612. The van der Waals surface area contributed by atoms with E-state index in [4.69, 9.17) is 5.73 Å². The van der Waals surface area contributed by atoms with Gasteiger partial charge in [0.1, 0.15) is 0 Å². The van der Waals surface area contributed by atoms with Gasteiger partial charge in [0.15, 0.2) is 0 Å². The molecule has 1 rings (SSSR count). The molecule has 1 aromatic rings. The summed E-state index contributed by atoms with van der Waals surface area (Å²) in [4.78, 5) is 18.2. The summed E-state index contributed by atoms with van der Waals surface area (Å²) in [5.74, 6) is -0.0701. The van der Waals surface area contributed by atoms with Crippen LogP contribution in [0.1, 0.15) is 29.9 Å². The summed E-state index contributed by atoms with van der Waals surface area (Å²) >= 11 is 0. The van der Waals surface area contributed by atoms with Crippen molar-refractivity contribution in [2.75, 3.05) is 26.2 Å². The standard InChI is InChI=1S/C13H22N4O/c1-3-17(4-2)8-7-16-13(18)11-5-6-15-12(9-11)10-14/h5-6,9H,3-4,7-8,10,14H2,1-2H3,(H,16,18). The fourth-order valence-electron chi connectivity index (χ4n) is 1.70. The van der Waals surface area contributed by atoms with Crippen molar-refractivity contribution in [2.45, 2.75) is 20.4 Å². The zero-order valence-corrected chi connectivity index (χ0v) is 11.1. The second-order valence-electron chi connectivity index (χ2n) is 4.02. The van der Waals surface area contributed by atoms with E-state index in [2.05, 4.69) is 29.0 Å². The van der Waals surface area contributed by atoms with Crippen LogP contribution in [-0.2, 0) is 6.54 Å². The molecule has 1 amide bonds. The van der Waals surface area contributed by atoms with Gasteiger partial charge in [-0.25, -0.2) is 0 Å². The number of aromatic nitrogens is 1. The van der Waals surface area contributed by atoms with E-state index in [0.717, 1.165) is 25.3 Å². The normalized spacial score (nSPS) is 10.7. The largest absolute Gasteiger partial charge is 0.351 e. The molecule has 0 atom stereocenters. The Labute approximate surface area is 108 Å². The highest BCUT2D eigenvalue weighted by molar-refractivity contribution is 5.94. The van der Waals surface area contributed by atoms with Gasteiger partial charge in [0.25, 0.3) is 5.91 Å². The quantitative estimate of drug-likeness (QED) is 0.744. The van der Waals surface area contributed by atoms with Crippen molar-refractivity contribution in [2.24, 2.45) is 5.73 Å². The lowest BCUT2D eigenvalue weighted by molar-refractivity contribution is 0.0948. The van der Waals surface area contributed by atoms with Crippen LogP contribution in [0.4, 0.5) is 0 Å². The Balaban J connectivity index is 2.45. The molecule has 3 N–H and O–H groups in total. The van der Waals surface area contributed by atoms with Crippen LogP contribution in [-0.4, -0.2) is 42.0 Å². The Kier molecular flexibility index (Phi) is 6.32. The van der Waals surface area contributed by atoms with E-state index < -0.39 is 0 Å². The number of rotatable bonds is 7. The predicted molar refractivity (Wildman–Crippen MR) is 72.2 cm³/mol. The summed E-state index contributed by atoms with van der Waals surface area (Å²) in [7, 11) is 0.